The minimum Gasteiger partial charge on any atom is -0.338 e. The van der Waals surface area contributed by atoms with Crippen molar-refractivity contribution < 1.29 is 13.6 Å². The van der Waals surface area contributed by atoms with Crippen molar-refractivity contribution in [2.45, 2.75) is 46.8 Å². The van der Waals surface area contributed by atoms with E-state index in [4.69, 9.17) is 11.6 Å². The molecular weight excluding hydrogens is 390 g/mol. The Morgan fingerprint density at radius 1 is 1.32 bits per heavy atom. The monoisotopic (exact) mass is 410 g/mol. The molecule has 0 aliphatic rings. The number of halogens is 3. The van der Waals surface area contributed by atoms with Crippen LogP contribution in [0.5, 0.6) is 0 Å². The van der Waals surface area contributed by atoms with Crippen molar-refractivity contribution in [2.75, 3.05) is 7.05 Å². The van der Waals surface area contributed by atoms with Gasteiger partial charge in [-0.3, -0.25) is 9.48 Å². The molecule has 150 valence electrons. The fourth-order valence-corrected chi connectivity index (χ4v) is 3.38. The SMILES string of the molecule is CCn1ncc(Cl)c1CN(C)C(=O)Cn1nc(C)c2c(C(F)F)cc(C)nc21. The zero-order valence-corrected chi connectivity index (χ0v) is 16.8. The predicted molar refractivity (Wildman–Crippen MR) is 101 cm³/mol. The molecule has 0 atom stereocenters. The van der Waals surface area contributed by atoms with Crippen LogP contribution in [0.2, 0.25) is 5.02 Å². The lowest BCUT2D eigenvalue weighted by atomic mass is 10.1. The fourth-order valence-electron chi connectivity index (χ4n) is 3.18. The first kappa shape index (κ1) is 20.2. The highest BCUT2D eigenvalue weighted by Crippen LogP contribution is 2.30. The Kier molecular flexibility index (Phi) is 5.64. The van der Waals surface area contributed by atoms with Gasteiger partial charge >= 0.3 is 0 Å². The van der Waals surface area contributed by atoms with Gasteiger partial charge in [-0.25, -0.2) is 18.4 Å². The Morgan fingerprint density at radius 3 is 2.68 bits per heavy atom. The van der Waals surface area contributed by atoms with E-state index in [1.807, 2.05) is 6.92 Å². The van der Waals surface area contributed by atoms with E-state index < -0.39 is 6.43 Å². The number of carbonyl (C=O) groups excluding carboxylic acids is 1. The summed E-state index contributed by atoms with van der Waals surface area (Å²) in [5.41, 5.74) is 1.76. The third-order valence-electron chi connectivity index (χ3n) is 4.57. The summed E-state index contributed by atoms with van der Waals surface area (Å²) in [6.45, 7) is 6.00. The van der Waals surface area contributed by atoms with Gasteiger partial charge in [0, 0.05) is 24.8 Å². The summed E-state index contributed by atoms with van der Waals surface area (Å²) in [6, 6.07) is 1.36. The number of aryl methyl sites for hydroxylation is 3. The molecule has 0 bridgehead atoms. The number of likely N-dealkylation sites (N-methyl/N-ethyl adjacent to an activating group) is 1. The Hall–Kier alpha value is -2.55. The number of hydrogen-bond acceptors (Lipinski definition) is 4. The van der Waals surface area contributed by atoms with Crippen LogP contribution in [0.3, 0.4) is 0 Å². The molecule has 7 nitrogen and oxygen atoms in total. The molecule has 0 N–H and O–H groups in total. The highest BCUT2D eigenvalue weighted by atomic mass is 35.5. The quantitative estimate of drug-likeness (QED) is 0.623. The maximum Gasteiger partial charge on any atom is 0.264 e. The summed E-state index contributed by atoms with van der Waals surface area (Å²) in [7, 11) is 1.65. The number of nitrogens with zero attached hydrogens (tertiary/aromatic N) is 6. The molecule has 1 amide bonds. The number of amides is 1. The second-order valence-electron chi connectivity index (χ2n) is 6.60. The molecule has 3 aromatic rings. The van der Waals surface area contributed by atoms with Gasteiger partial charge in [0.05, 0.1) is 34.5 Å². The van der Waals surface area contributed by atoms with Gasteiger partial charge in [0.15, 0.2) is 5.65 Å². The topological polar surface area (TPSA) is 68.8 Å². The second-order valence-corrected chi connectivity index (χ2v) is 7.01. The summed E-state index contributed by atoms with van der Waals surface area (Å²) >= 11 is 6.16. The lowest BCUT2D eigenvalue weighted by Gasteiger charge is -2.18. The summed E-state index contributed by atoms with van der Waals surface area (Å²) in [5, 5.41) is 9.21. The number of rotatable bonds is 6. The Morgan fingerprint density at radius 2 is 2.04 bits per heavy atom. The molecule has 3 rings (SSSR count). The van der Waals surface area contributed by atoms with Crippen LogP contribution in [-0.4, -0.2) is 42.4 Å². The van der Waals surface area contributed by atoms with E-state index in [0.29, 0.717) is 28.3 Å². The molecule has 10 heteroatoms. The molecule has 28 heavy (non-hydrogen) atoms. The van der Waals surface area contributed by atoms with Crippen molar-refractivity contribution in [2.24, 2.45) is 0 Å². The Balaban J connectivity index is 1.88. The van der Waals surface area contributed by atoms with Gasteiger partial charge in [-0.15, -0.1) is 0 Å². The van der Waals surface area contributed by atoms with Crippen LogP contribution in [-0.2, 0) is 24.4 Å². The van der Waals surface area contributed by atoms with E-state index in [-0.39, 0.29) is 30.2 Å². The predicted octanol–water partition coefficient (Wildman–Crippen LogP) is 3.51. The van der Waals surface area contributed by atoms with Crippen molar-refractivity contribution in [3.63, 3.8) is 0 Å². The van der Waals surface area contributed by atoms with Crippen LogP contribution in [0.15, 0.2) is 12.3 Å². The average Bonchev–Trinajstić information content (AvgIpc) is 3.14. The minimum atomic E-state index is -2.64. The van der Waals surface area contributed by atoms with Gasteiger partial charge in [0.1, 0.15) is 6.54 Å². The van der Waals surface area contributed by atoms with E-state index >= 15 is 0 Å². The maximum atomic E-state index is 13.4. The van der Waals surface area contributed by atoms with Crippen LogP contribution >= 0.6 is 11.6 Å². The van der Waals surface area contributed by atoms with Gasteiger partial charge < -0.3 is 4.90 Å². The Labute approximate surface area is 165 Å². The van der Waals surface area contributed by atoms with E-state index in [9.17, 15) is 13.6 Å². The first-order valence-electron chi connectivity index (χ1n) is 8.79. The van der Waals surface area contributed by atoms with Crippen LogP contribution in [0.4, 0.5) is 8.78 Å². The van der Waals surface area contributed by atoms with Crippen LogP contribution in [0, 0.1) is 13.8 Å². The highest BCUT2D eigenvalue weighted by molar-refractivity contribution is 6.31. The Bertz CT molecular complexity index is 1030. The first-order chi connectivity index (χ1) is 13.2. The number of alkyl halides is 2. The van der Waals surface area contributed by atoms with Gasteiger partial charge in [-0.2, -0.15) is 10.2 Å². The third kappa shape index (κ3) is 3.71. The molecule has 0 aromatic carbocycles. The number of pyridine rings is 1. The van der Waals surface area contributed by atoms with Crippen molar-refractivity contribution in [3.05, 3.63) is 39.9 Å². The highest BCUT2D eigenvalue weighted by Gasteiger charge is 2.22. The van der Waals surface area contributed by atoms with Crippen LogP contribution in [0.1, 0.15) is 36.0 Å². The third-order valence-corrected chi connectivity index (χ3v) is 4.88. The van der Waals surface area contributed by atoms with Crippen molar-refractivity contribution >= 4 is 28.5 Å². The summed E-state index contributed by atoms with van der Waals surface area (Å²) < 4.78 is 29.9. The molecule has 0 aliphatic heterocycles. The van der Waals surface area contributed by atoms with Gasteiger partial charge in [-0.05, 0) is 26.8 Å². The molecule has 0 radical (unpaired) electrons. The summed E-state index contributed by atoms with van der Waals surface area (Å²) in [5.74, 6) is -0.244. The average molecular weight is 411 g/mol. The van der Waals surface area contributed by atoms with E-state index in [1.165, 1.54) is 15.6 Å². The largest absolute Gasteiger partial charge is 0.338 e. The maximum absolute atomic E-state index is 13.4. The lowest BCUT2D eigenvalue weighted by Crippen LogP contribution is -2.31. The van der Waals surface area contributed by atoms with Gasteiger partial charge in [-0.1, -0.05) is 11.6 Å². The van der Waals surface area contributed by atoms with Gasteiger partial charge in [0.25, 0.3) is 6.43 Å². The number of hydrogen-bond donors (Lipinski definition) is 0. The zero-order chi connectivity index (χ0) is 20.6. The van der Waals surface area contributed by atoms with E-state index in [1.54, 1.807) is 31.8 Å². The molecule has 0 aliphatic carbocycles. The van der Waals surface area contributed by atoms with Gasteiger partial charge in [0.2, 0.25) is 5.91 Å². The molecule has 0 unspecified atom stereocenters. The normalized spacial score (nSPS) is 11.6. The molecule has 3 aromatic heterocycles. The zero-order valence-electron chi connectivity index (χ0n) is 16.1. The second kappa shape index (κ2) is 7.83. The number of aromatic nitrogens is 5. The lowest BCUT2D eigenvalue weighted by molar-refractivity contribution is -0.131. The number of carbonyl (C=O) groups is 1. The summed E-state index contributed by atoms with van der Waals surface area (Å²) in [4.78, 5) is 18.6. The molecule has 0 saturated carbocycles. The molecule has 0 fully saturated rings. The molecule has 0 saturated heterocycles. The minimum absolute atomic E-state index is 0.113. The van der Waals surface area contributed by atoms with Crippen molar-refractivity contribution in [1.82, 2.24) is 29.4 Å². The van der Waals surface area contributed by atoms with Crippen LogP contribution < -0.4 is 0 Å². The summed E-state index contributed by atoms with van der Waals surface area (Å²) in [6.07, 6.45) is -1.10. The van der Waals surface area contributed by atoms with Crippen LogP contribution in [0.25, 0.3) is 11.0 Å². The van der Waals surface area contributed by atoms with Crippen molar-refractivity contribution in [3.8, 4) is 0 Å². The standard InChI is InChI=1S/C18H21ClF2N6O/c1-5-26-14(13(19)7-22-26)8-25(4)15(28)9-27-18-16(11(3)24-27)12(17(20)21)6-10(2)23-18/h6-7,17H,5,8-9H2,1-4H3. The smallest absolute Gasteiger partial charge is 0.264 e. The molecular formula is C18H21ClF2N6O. The fraction of sp³-hybridized carbons (Fsp3) is 0.444. The van der Waals surface area contributed by atoms with E-state index in [2.05, 4.69) is 15.2 Å². The van der Waals surface area contributed by atoms with E-state index in [0.717, 1.165) is 5.69 Å². The van der Waals surface area contributed by atoms with Crippen molar-refractivity contribution in [1.29, 1.82) is 0 Å². The molecule has 0 spiro atoms. The number of fused-ring (bicyclic) bond motifs is 1. The first-order valence-corrected chi connectivity index (χ1v) is 9.17. The molecule has 3 heterocycles.